The number of nitrogens with zero attached hydrogens (tertiary/aromatic N) is 2. The Balaban J connectivity index is 1.51. The minimum atomic E-state index is -0.155. The van der Waals surface area contributed by atoms with Gasteiger partial charge in [0.05, 0.1) is 11.0 Å². The molecular formula is C21H20N4O2. The average Bonchev–Trinajstić information content (AvgIpc) is 3.11. The van der Waals surface area contributed by atoms with E-state index < -0.39 is 0 Å². The Morgan fingerprint density at radius 3 is 2.89 bits per heavy atom. The van der Waals surface area contributed by atoms with E-state index in [1.165, 1.54) is 12.5 Å². The number of nitrogens with one attached hydrogen (secondary N) is 2. The molecule has 1 aliphatic rings. The minimum Gasteiger partial charge on any atom is -0.359 e. The van der Waals surface area contributed by atoms with Crippen LogP contribution in [0.2, 0.25) is 0 Å². The van der Waals surface area contributed by atoms with Crippen LogP contribution < -0.4 is 5.32 Å². The normalized spacial score (nSPS) is 14.1. The topological polar surface area (TPSA) is 78.1 Å². The number of aromatic amines is 1. The molecule has 6 heteroatoms. The second kappa shape index (κ2) is 7.07. The minimum absolute atomic E-state index is 0.0328. The number of aromatic nitrogens is 2. The Bertz CT molecular complexity index is 1050. The molecule has 1 aromatic carbocycles. The van der Waals surface area contributed by atoms with Crippen LogP contribution in [-0.2, 0) is 4.79 Å². The standard InChI is InChI=1S/C21H20N4O2/c1-14(26)24-17-5-2-4-16(12-17)21(27)25-10-7-15(8-11-25)18-13-23-19-6-3-9-22-20(18)19/h2-7,9,12-13,23H,8,10-11H2,1H3,(H,24,26). The van der Waals surface area contributed by atoms with Crippen molar-refractivity contribution >= 4 is 34.1 Å². The second-order valence-corrected chi connectivity index (χ2v) is 6.59. The van der Waals surface area contributed by atoms with Crippen molar-refractivity contribution in [2.24, 2.45) is 0 Å². The lowest BCUT2D eigenvalue weighted by molar-refractivity contribution is -0.114. The van der Waals surface area contributed by atoms with Crippen LogP contribution in [0.4, 0.5) is 5.69 Å². The van der Waals surface area contributed by atoms with Crippen LogP contribution in [0, 0.1) is 0 Å². The smallest absolute Gasteiger partial charge is 0.254 e. The molecule has 3 aromatic rings. The fourth-order valence-electron chi connectivity index (χ4n) is 3.41. The molecule has 4 rings (SSSR count). The van der Waals surface area contributed by atoms with Gasteiger partial charge in [-0.05, 0) is 42.3 Å². The van der Waals surface area contributed by atoms with Crippen molar-refractivity contribution < 1.29 is 9.59 Å². The molecule has 2 N–H and O–H groups in total. The Labute approximate surface area is 156 Å². The molecule has 2 amide bonds. The molecule has 2 aromatic heterocycles. The average molecular weight is 360 g/mol. The van der Waals surface area contributed by atoms with E-state index in [0.717, 1.165) is 23.0 Å². The largest absolute Gasteiger partial charge is 0.359 e. The lowest BCUT2D eigenvalue weighted by Gasteiger charge is -2.26. The van der Waals surface area contributed by atoms with Crippen molar-refractivity contribution in [3.63, 3.8) is 0 Å². The number of carbonyl (C=O) groups excluding carboxylic acids is 2. The molecular weight excluding hydrogens is 340 g/mol. The molecule has 1 aliphatic heterocycles. The van der Waals surface area contributed by atoms with E-state index in [9.17, 15) is 9.59 Å². The van der Waals surface area contributed by atoms with Gasteiger partial charge in [0.15, 0.2) is 0 Å². The third kappa shape index (κ3) is 3.46. The molecule has 27 heavy (non-hydrogen) atoms. The van der Waals surface area contributed by atoms with Gasteiger partial charge in [-0.2, -0.15) is 0 Å². The van der Waals surface area contributed by atoms with Gasteiger partial charge in [-0.1, -0.05) is 12.1 Å². The third-order valence-corrected chi connectivity index (χ3v) is 4.71. The van der Waals surface area contributed by atoms with E-state index in [0.29, 0.717) is 24.3 Å². The monoisotopic (exact) mass is 360 g/mol. The Morgan fingerprint density at radius 1 is 1.22 bits per heavy atom. The number of fused-ring (bicyclic) bond motifs is 1. The van der Waals surface area contributed by atoms with Crippen LogP contribution in [0.25, 0.3) is 16.6 Å². The first-order chi connectivity index (χ1) is 13.1. The molecule has 0 fully saturated rings. The highest BCUT2D eigenvalue weighted by atomic mass is 16.2. The van der Waals surface area contributed by atoms with Crippen molar-refractivity contribution in [2.75, 3.05) is 18.4 Å². The van der Waals surface area contributed by atoms with E-state index in [2.05, 4.69) is 21.4 Å². The summed E-state index contributed by atoms with van der Waals surface area (Å²) in [6.07, 6.45) is 6.65. The molecule has 136 valence electrons. The molecule has 0 unspecified atom stereocenters. The Kier molecular flexibility index (Phi) is 4.46. The van der Waals surface area contributed by atoms with Gasteiger partial charge in [0.1, 0.15) is 0 Å². The van der Waals surface area contributed by atoms with Crippen LogP contribution in [0.5, 0.6) is 0 Å². The number of benzene rings is 1. The van der Waals surface area contributed by atoms with Gasteiger partial charge >= 0.3 is 0 Å². The molecule has 0 radical (unpaired) electrons. The van der Waals surface area contributed by atoms with Crippen molar-refractivity contribution in [2.45, 2.75) is 13.3 Å². The first-order valence-electron chi connectivity index (χ1n) is 8.90. The Hall–Kier alpha value is -3.41. The third-order valence-electron chi connectivity index (χ3n) is 4.71. The quantitative estimate of drug-likeness (QED) is 0.751. The van der Waals surface area contributed by atoms with Gasteiger partial charge in [-0.3, -0.25) is 14.6 Å². The van der Waals surface area contributed by atoms with Gasteiger partial charge < -0.3 is 15.2 Å². The summed E-state index contributed by atoms with van der Waals surface area (Å²) in [5, 5.41) is 2.71. The van der Waals surface area contributed by atoms with Crippen molar-refractivity contribution in [1.29, 1.82) is 0 Å². The zero-order valence-electron chi connectivity index (χ0n) is 15.0. The summed E-state index contributed by atoms with van der Waals surface area (Å²) >= 11 is 0. The van der Waals surface area contributed by atoms with E-state index >= 15 is 0 Å². The van der Waals surface area contributed by atoms with Gasteiger partial charge in [0, 0.05) is 49.2 Å². The number of hydrogen-bond donors (Lipinski definition) is 2. The lowest BCUT2D eigenvalue weighted by atomic mass is 10.0. The van der Waals surface area contributed by atoms with Crippen molar-refractivity contribution in [3.05, 3.63) is 66.0 Å². The maximum absolute atomic E-state index is 12.8. The molecule has 0 bridgehead atoms. The predicted octanol–water partition coefficient (Wildman–Crippen LogP) is 3.45. The molecule has 0 atom stereocenters. The Morgan fingerprint density at radius 2 is 2.11 bits per heavy atom. The number of rotatable bonds is 3. The fourth-order valence-corrected chi connectivity index (χ4v) is 3.41. The van der Waals surface area contributed by atoms with E-state index in [1.54, 1.807) is 30.5 Å². The van der Waals surface area contributed by atoms with Crippen molar-refractivity contribution in [1.82, 2.24) is 14.9 Å². The number of hydrogen-bond acceptors (Lipinski definition) is 3. The van der Waals surface area contributed by atoms with Gasteiger partial charge in [-0.15, -0.1) is 0 Å². The molecule has 0 spiro atoms. The summed E-state index contributed by atoms with van der Waals surface area (Å²) in [7, 11) is 0. The van der Waals surface area contributed by atoms with Gasteiger partial charge in [0.25, 0.3) is 5.91 Å². The molecule has 0 saturated heterocycles. The summed E-state index contributed by atoms with van der Waals surface area (Å²) < 4.78 is 0. The number of pyridine rings is 1. The summed E-state index contributed by atoms with van der Waals surface area (Å²) in [4.78, 5) is 33.6. The zero-order chi connectivity index (χ0) is 18.8. The molecule has 3 heterocycles. The molecule has 0 aliphatic carbocycles. The van der Waals surface area contributed by atoms with Crippen LogP contribution in [-0.4, -0.2) is 39.8 Å². The summed E-state index contributed by atoms with van der Waals surface area (Å²) in [5.74, 6) is -0.188. The second-order valence-electron chi connectivity index (χ2n) is 6.59. The summed E-state index contributed by atoms with van der Waals surface area (Å²) in [6, 6.07) is 11.0. The highest BCUT2D eigenvalue weighted by Crippen LogP contribution is 2.28. The predicted molar refractivity (Wildman–Crippen MR) is 105 cm³/mol. The van der Waals surface area contributed by atoms with Crippen LogP contribution >= 0.6 is 0 Å². The molecule has 6 nitrogen and oxygen atoms in total. The number of H-pyrrole nitrogens is 1. The van der Waals surface area contributed by atoms with Gasteiger partial charge in [0.2, 0.25) is 5.91 Å². The maximum atomic E-state index is 12.8. The van der Waals surface area contributed by atoms with E-state index in [-0.39, 0.29) is 11.8 Å². The van der Waals surface area contributed by atoms with Crippen molar-refractivity contribution in [3.8, 4) is 0 Å². The number of carbonyl (C=O) groups is 2. The van der Waals surface area contributed by atoms with Gasteiger partial charge in [-0.25, -0.2) is 0 Å². The number of anilines is 1. The SMILES string of the molecule is CC(=O)Nc1cccc(C(=O)N2CC=C(c3c[nH]c4cccnc34)CC2)c1. The lowest BCUT2D eigenvalue weighted by Crippen LogP contribution is -2.34. The van der Waals surface area contributed by atoms with E-state index in [1.807, 2.05) is 23.2 Å². The number of amides is 2. The fraction of sp³-hybridized carbons (Fsp3) is 0.190. The zero-order valence-corrected chi connectivity index (χ0v) is 15.0. The summed E-state index contributed by atoms with van der Waals surface area (Å²) in [6.45, 7) is 2.65. The van der Waals surface area contributed by atoms with Crippen LogP contribution in [0.1, 0.15) is 29.3 Å². The highest BCUT2D eigenvalue weighted by molar-refractivity contribution is 5.97. The van der Waals surface area contributed by atoms with Crippen LogP contribution in [0.15, 0.2) is 54.9 Å². The maximum Gasteiger partial charge on any atom is 0.254 e. The highest BCUT2D eigenvalue weighted by Gasteiger charge is 2.21. The molecule has 0 saturated carbocycles. The van der Waals surface area contributed by atoms with Crippen LogP contribution in [0.3, 0.4) is 0 Å². The van der Waals surface area contributed by atoms with E-state index in [4.69, 9.17) is 0 Å². The first-order valence-corrected chi connectivity index (χ1v) is 8.90. The summed E-state index contributed by atoms with van der Waals surface area (Å²) in [5.41, 5.74) is 5.49. The first kappa shape index (κ1) is 17.0.